The Morgan fingerprint density at radius 1 is 1.00 bits per heavy atom. The van der Waals surface area contributed by atoms with Gasteiger partial charge in [0.05, 0.1) is 11.9 Å². The van der Waals surface area contributed by atoms with Gasteiger partial charge in [-0.2, -0.15) is 0 Å². The Balaban J connectivity index is 1.46. The third kappa shape index (κ3) is 4.99. The number of nitrogens with zero attached hydrogens (tertiary/aromatic N) is 2. The van der Waals surface area contributed by atoms with Gasteiger partial charge in [-0.25, -0.2) is 8.42 Å². The number of aryl methyl sites for hydroxylation is 1. The molecule has 1 N–H and O–H groups in total. The molecule has 0 bridgehead atoms. The summed E-state index contributed by atoms with van der Waals surface area (Å²) < 4.78 is 28.0. The van der Waals surface area contributed by atoms with Crippen LogP contribution in [0.4, 0.5) is 11.4 Å². The summed E-state index contributed by atoms with van der Waals surface area (Å²) in [5.74, 6) is -0.159. The number of amides is 1. The van der Waals surface area contributed by atoms with E-state index in [0.717, 1.165) is 34.8 Å². The number of benzene rings is 3. The highest BCUT2D eigenvalue weighted by Crippen LogP contribution is 2.31. The van der Waals surface area contributed by atoms with Gasteiger partial charge in [-0.15, -0.1) is 0 Å². The van der Waals surface area contributed by atoms with Crippen LogP contribution in [0.15, 0.2) is 66.7 Å². The van der Waals surface area contributed by atoms with Crippen LogP contribution in [0.2, 0.25) is 5.02 Å². The van der Waals surface area contributed by atoms with Crippen molar-refractivity contribution in [1.82, 2.24) is 4.57 Å². The first-order valence-corrected chi connectivity index (χ1v) is 13.0. The van der Waals surface area contributed by atoms with Crippen LogP contribution < -0.4 is 9.62 Å². The number of carbonyl (C=O) groups is 1. The molecule has 1 aromatic heterocycles. The van der Waals surface area contributed by atoms with Crippen LogP contribution in [0.25, 0.3) is 21.8 Å². The molecule has 0 aliphatic rings. The lowest BCUT2D eigenvalue weighted by atomic mass is 10.1. The van der Waals surface area contributed by atoms with E-state index < -0.39 is 10.0 Å². The van der Waals surface area contributed by atoms with Gasteiger partial charge in [0, 0.05) is 52.0 Å². The van der Waals surface area contributed by atoms with Crippen LogP contribution in [0.3, 0.4) is 0 Å². The number of anilines is 2. The van der Waals surface area contributed by atoms with Crippen molar-refractivity contribution in [3.8, 4) is 0 Å². The lowest BCUT2D eigenvalue weighted by Crippen LogP contribution is -2.31. The van der Waals surface area contributed by atoms with Gasteiger partial charge in [0.1, 0.15) is 0 Å². The Hall–Kier alpha value is -3.03. The molecule has 0 atom stereocenters. The van der Waals surface area contributed by atoms with Gasteiger partial charge < -0.3 is 9.88 Å². The number of hydrogen-bond acceptors (Lipinski definition) is 3. The Kier molecular flexibility index (Phi) is 6.63. The van der Waals surface area contributed by atoms with Crippen molar-refractivity contribution in [2.45, 2.75) is 26.3 Å². The number of carbonyl (C=O) groups excluding carboxylic acids is 1. The first-order chi connectivity index (χ1) is 15.8. The zero-order valence-corrected chi connectivity index (χ0v) is 20.2. The third-order valence-corrected chi connectivity index (χ3v) is 7.06. The number of hydrogen-bond donors (Lipinski definition) is 1. The molecule has 0 aliphatic carbocycles. The highest BCUT2D eigenvalue weighted by molar-refractivity contribution is 7.92. The standard InChI is InChI=1S/C25H26ClN3O3S/c1-3-28-23-11-5-4-10-21(23)22-17-19(13-14-24(22)28)27-25(30)12-7-15-29(33(2,31)32)20-9-6-8-18(26)16-20/h4-6,8-11,13-14,16-17H,3,7,12,15H2,1-2H3,(H,27,30). The molecule has 1 heterocycles. The summed E-state index contributed by atoms with van der Waals surface area (Å²) in [5.41, 5.74) is 3.51. The van der Waals surface area contributed by atoms with Crippen LogP contribution in [-0.2, 0) is 21.4 Å². The van der Waals surface area contributed by atoms with Crippen molar-refractivity contribution < 1.29 is 13.2 Å². The predicted molar refractivity (Wildman–Crippen MR) is 137 cm³/mol. The van der Waals surface area contributed by atoms with Gasteiger partial charge in [0.15, 0.2) is 0 Å². The monoisotopic (exact) mass is 483 g/mol. The maximum Gasteiger partial charge on any atom is 0.232 e. The Labute approximate surface area is 198 Å². The smallest absolute Gasteiger partial charge is 0.232 e. The van der Waals surface area contributed by atoms with E-state index in [9.17, 15) is 13.2 Å². The zero-order chi connectivity index (χ0) is 23.6. The lowest BCUT2D eigenvalue weighted by molar-refractivity contribution is -0.116. The molecule has 1 amide bonds. The summed E-state index contributed by atoms with van der Waals surface area (Å²) in [6.07, 6.45) is 1.72. The summed E-state index contributed by atoms with van der Waals surface area (Å²) >= 11 is 6.02. The second kappa shape index (κ2) is 9.45. The SMILES string of the molecule is CCn1c2ccccc2c2cc(NC(=O)CCCN(c3cccc(Cl)c3)S(C)(=O)=O)ccc21. The van der Waals surface area contributed by atoms with Crippen molar-refractivity contribution >= 4 is 60.7 Å². The molecule has 33 heavy (non-hydrogen) atoms. The fourth-order valence-corrected chi connectivity index (χ4v) is 5.34. The summed E-state index contributed by atoms with van der Waals surface area (Å²) in [4.78, 5) is 12.6. The van der Waals surface area contributed by atoms with Crippen molar-refractivity contribution in [3.63, 3.8) is 0 Å². The number of para-hydroxylation sites is 1. The molecule has 4 rings (SSSR count). The second-order valence-corrected chi connectivity index (χ2v) is 10.3. The molecule has 0 saturated carbocycles. The van der Waals surface area contributed by atoms with E-state index in [2.05, 4.69) is 28.9 Å². The van der Waals surface area contributed by atoms with Gasteiger partial charge >= 0.3 is 0 Å². The number of sulfonamides is 1. The highest BCUT2D eigenvalue weighted by Gasteiger charge is 2.18. The van der Waals surface area contributed by atoms with Crippen molar-refractivity contribution in [3.05, 3.63) is 71.8 Å². The molecular formula is C25H26ClN3O3S. The Morgan fingerprint density at radius 2 is 1.76 bits per heavy atom. The molecule has 0 spiro atoms. The number of halogens is 1. The molecule has 172 valence electrons. The summed E-state index contributed by atoms with van der Waals surface area (Å²) in [7, 11) is -3.50. The quantitative estimate of drug-likeness (QED) is 0.352. The van der Waals surface area contributed by atoms with Crippen LogP contribution >= 0.6 is 11.6 Å². The average molecular weight is 484 g/mol. The molecule has 8 heteroatoms. The highest BCUT2D eigenvalue weighted by atomic mass is 35.5. The minimum Gasteiger partial charge on any atom is -0.341 e. The van der Waals surface area contributed by atoms with Gasteiger partial charge in [-0.1, -0.05) is 35.9 Å². The minimum absolute atomic E-state index is 0.159. The van der Waals surface area contributed by atoms with E-state index in [4.69, 9.17) is 11.6 Å². The number of nitrogens with one attached hydrogen (secondary N) is 1. The largest absolute Gasteiger partial charge is 0.341 e. The number of rotatable bonds is 8. The Bertz CT molecular complexity index is 1430. The molecule has 0 radical (unpaired) electrons. The van der Waals surface area contributed by atoms with E-state index >= 15 is 0 Å². The van der Waals surface area contributed by atoms with E-state index in [1.54, 1.807) is 24.3 Å². The van der Waals surface area contributed by atoms with Gasteiger partial charge in [0.25, 0.3) is 0 Å². The van der Waals surface area contributed by atoms with Crippen molar-refractivity contribution in [1.29, 1.82) is 0 Å². The predicted octanol–water partition coefficient (Wildman–Crippen LogP) is 5.65. The minimum atomic E-state index is -3.50. The van der Waals surface area contributed by atoms with E-state index in [1.165, 1.54) is 9.82 Å². The van der Waals surface area contributed by atoms with Crippen LogP contribution in [-0.4, -0.2) is 31.7 Å². The van der Waals surface area contributed by atoms with Crippen molar-refractivity contribution in [2.75, 3.05) is 22.4 Å². The zero-order valence-electron chi connectivity index (χ0n) is 18.6. The summed E-state index contributed by atoms with van der Waals surface area (Å²) in [5, 5.41) is 5.65. The number of aromatic nitrogens is 1. The van der Waals surface area contributed by atoms with E-state index in [0.29, 0.717) is 17.1 Å². The lowest BCUT2D eigenvalue weighted by Gasteiger charge is -2.22. The average Bonchev–Trinajstić information content (AvgIpc) is 3.09. The molecule has 0 fully saturated rings. The van der Waals surface area contributed by atoms with Crippen LogP contribution in [0.5, 0.6) is 0 Å². The first kappa shape index (κ1) is 23.1. The van der Waals surface area contributed by atoms with E-state index in [-0.39, 0.29) is 18.9 Å². The summed E-state index contributed by atoms with van der Waals surface area (Å²) in [6.45, 7) is 3.17. The molecule has 3 aromatic carbocycles. The van der Waals surface area contributed by atoms with E-state index in [1.807, 2.05) is 30.3 Å². The van der Waals surface area contributed by atoms with Crippen LogP contribution in [0.1, 0.15) is 19.8 Å². The van der Waals surface area contributed by atoms with Gasteiger partial charge in [-0.05, 0) is 55.8 Å². The normalized spacial score (nSPS) is 11.7. The maximum absolute atomic E-state index is 12.6. The maximum atomic E-state index is 12.6. The van der Waals surface area contributed by atoms with Gasteiger partial charge in [-0.3, -0.25) is 9.10 Å². The first-order valence-electron chi connectivity index (χ1n) is 10.8. The summed E-state index contributed by atoms with van der Waals surface area (Å²) in [6, 6.07) is 20.8. The fraction of sp³-hybridized carbons (Fsp3) is 0.240. The molecule has 0 unspecified atom stereocenters. The molecule has 0 aliphatic heterocycles. The second-order valence-electron chi connectivity index (χ2n) is 7.96. The molecule has 4 aromatic rings. The Morgan fingerprint density at radius 3 is 2.48 bits per heavy atom. The number of fused-ring (bicyclic) bond motifs is 3. The van der Waals surface area contributed by atoms with Crippen molar-refractivity contribution in [2.24, 2.45) is 0 Å². The third-order valence-electron chi connectivity index (χ3n) is 5.63. The molecular weight excluding hydrogens is 458 g/mol. The van der Waals surface area contributed by atoms with Crippen LogP contribution in [0, 0.1) is 0 Å². The topological polar surface area (TPSA) is 71.4 Å². The van der Waals surface area contributed by atoms with Gasteiger partial charge in [0.2, 0.25) is 15.9 Å². The molecule has 6 nitrogen and oxygen atoms in total. The molecule has 0 saturated heterocycles. The fourth-order valence-electron chi connectivity index (χ4n) is 4.20.